The van der Waals surface area contributed by atoms with Crippen LogP contribution in [0.1, 0.15) is 6.55 Å². The molecule has 2 rings (SSSR count). The Balaban J connectivity index is 2.83. The number of fused-ring (bicyclic) bond motifs is 1. The van der Waals surface area contributed by atoms with Crippen molar-refractivity contribution in [3.63, 3.8) is 0 Å². The minimum absolute atomic E-state index is 0.109. The molecule has 2 N–H and O–H groups in total. The minimum atomic E-state index is -2.67. The number of alkyl halides is 2. The van der Waals surface area contributed by atoms with Crippen molar-refractivity contribution in [1.29, 1.82) is 0 Å². The molecule has 0 spiro atoms. The first-order valence-electron chi connectivity index (χ1n) is 4.27. The summed E-state index contributed by atoms with van der Waals surface area (Å²) in [5.74, 6) is -0.602. The Hall–Kier alpha value is -1.78. The van der Waals surface area contributed by atoms with Crippen LogP contribution in [0, 0.1) is 5.82 Å². The van der Waals surface area contributed by atoms with Gasteiger partial charge in [0.05, 0.1) is 11.1 Å². The van der Waals surface area contributed by atoms with Crippen LogP contribution in [0.25, 0.3) is 10.9 Å². The number of nitrogens with two attached hydrogens (primary N) is 1. The zero-order valence-electron chi connectivity index (χ0n) is 7.62. The molecule has 0 fully saturated rings. The summed E-state index contributed by atoms with van der Waals surface area (Å²) in [7, 11) is 0. The van der Waals surface area contributed by atoms with Crippen LogP contribution < -0.4 is 10.3 Å². The van der Waals surface area contributed by atoms with Gasteiger partial charge in [0.2, 0.25) is 5.52 Å². The van der Waals surface area contributed by atoms with E-state index in [1.54, 1.807) is 0 Å². The van der Waals surface area contributed by atoms with Gasteiger partial charge in [-0.1, -0.05) is 0 Å². The molecule has 0 radical (unpaired) electrons. The Morgan fingerprint density at radius 3 is 2.60 bits per heavy atom. The van der Waals surface area contributed by atoms with Crippen molar-refractivity contribution in [2.75, 3.05) is 5.73 Å². The molecule has 5 heteroatoms. The third-order valence-electron chi connectivity index (χ3n) is 2.21. The van der Waals surface area contributed by atoms with Gasteiger partial charge in [-0.15, -0.1) is 13.3 Å². The number of halogens is 3. The van der Waals surface area contributed by atoms with E-state index in [-0.39, 0.29) is 16.6 Å². The zero-order chi connectivity index (χ0) is 11.0. The van der Waals surface area contributed by atoms with Crippen LogP contribution in [0.3, 0.4) is 0 Å². The monoisotopic (exact) mass is 213 g/mol. The van der Waals surface area contributed by atoms with Gasteiger partial charge >= 0.3 is 6.55 Å². The maximum atomic E-state index is 13.1. The molecule has 78 valence electrons. The molecule has 0 aliphatic carbocycles. The lowest BCUT2D eigenvalue weighted by Crippen LogP contribution is -2.35. The molecule has 0 saturated heterocycles. The van der Waals surface area contributed by atoms with Gasteiger partial charge in [0, 0.05) is 12.1 Å². The summed E-state index contributed by atoms with van der Waals surface area (Å²) in [4.78, 5) is 0. The SMILES string of the molecule is Nc1c(F)ccc2c1ccc[n+]2C(F)F. The third kappa shape index (κ3) is 1.49. The second-order valence-corrected chi connectivity index (χ2v) is 3.09. The van der Waals surface area contributed by atoms with E-state index in [9.17, 15) is 13.2 Å². The van der Waals surface area contributed by atoms with E-state index in [1.165, 1.54) is 24.4 Å². The van der Waals surface area contributed by atoms with Gasteiger partial charge < -0.3 is 5.73 Å². The molecular weight excluding hydrogens is 205 g/mol. The highest BCUT2D eigenvalue weighted by Crippen LogP contribution is 2.22. The van der Waals surface area contributed by atoms with E-state index in [0.29, 0.717) is 0 Å². The second-order valence-electron chi connectivity index (χ2n) is 3.09. The molecule has 0 amide bonds. The molecule has 0 bridgehead atoms. The molecular formula is C10H8F3N2+. The molecule has 0 unspecified atom stereocenters. The highest BCUT2D eigenvalue weighted by molar-refractivity contribution is 5.88. The van der Waals surface area contributed by atoms with Gasteiger partial charge in [-0.2, -0.15) is 0 Å². The second kappa shape index (κ2) is 3.42. The van der Waals surface area contributed by atoms with Crippen LogP contribution in [0.5, 0.6) is 0 Å². The van der Waals surface area contributed by atoms with Crippen LogP contribution in [-0.2, 0) is 0 Å². The number of anilines is 1. The van der Waals surface area contributed by atoms with Gasteiger partial charge in [0.25, 0.3) is 0 Å². The van der Waals surface area contributed by atoms with Crippen LogP contribution >= 0.6 is 0 Å². The maximum Gasteiger partial charge on any atom is 0.451 e. The first-order valence-corrected chi connectivity index (χ1v) is 4.27. The smallest absolute Gasteiger partial charge is 0.396 e. The summed E-state index contributed by atoms with van der Waals surface area (Å²) in [6.45, 7) is -2.67. The van der Waals surface area contributed by atoms with Crippen molar-refractivity contribution in [3.8, 4) is 0 Å². The van der Waals surface area contributed by atoms with Gasteiger partial charge in [-0.3, -0.25) is 0 Å². The normalized spacial score (nSPS) is 11.2. The summed E-state index contributed by atoms with van der Waals surface area (Å²) >= 11 is 0. The summed E-state index contributed by atoms with van der Waals surface area (Å²) in [5, 5.41) is 0.290. The summed E-state index contributed by atoms with van der Waals surface area (Å²) in [6, 6.07) is 5.28. The van der Waals surface area contributed by atoms with E-state index < -0.39 is 12.4 Å². The van der Waals surface area contributed by atoms with E-state index in [4.69, 9.17) is 5.73 Å². The number of nitrogen functional groups attached to an aromatic ring is 1. The van der Waals surface area contributed by atoms with E-state index >= 15 is 0 Å². The molecule has 0 atom stereocenters. The topological polar surface area (TPSA) is 29.9 Å². The van der Waals surface area contributed by atoms with E-state index in [2.05, 4.69) is 0 Å². The standard InChI is InChI=1S/C10H7F3N2/c11-7-3-4-8-6(9(7)14)2-1-5-15(8)10(12)13/h1-5,10,14H/p+1. The van der Waals surface area contributed by atoms with Crippen LogP contribution in [0.15, 0.2) is 30.5 Å². The number of nitrogens with zero attached hydrogens (tertiary/aromatic N) is 1. The van der Waals surface area contributed by atoms with Crippen molar-refractivity contribution in [3.05, 3.63) is 36.3 Å². The molecule has 15 heavy (non-hydrogen) atoms. The lowest BCUT2D eigenvalue weighted by molar-refractivity contribution is -0.751. The number of rotatable bonds is 1. The van der Waals surface area contributed by atoms with Gasteiger partial charge in [0.15, 0.2) is 6.20 Å². The average molecular weight is 213 g/mol. The van der Waals surface area contributed by atoms with E-state index in [0.717, 1.165) is 10.6 Å². The molecule has 1 aromatic carbocycles. The Labute approximate surface area is 83.7 Å². The largest absolute Gasteiger partial charge is 0.451 e. The van der Waals surface area contributed by atoms with Crippen LogP contribution in [-0.4, -0.2) is 0 Å². The molecule has 2 nitrogen and oxygen atoms in total. The number of aromatic nitrogens is 1. The zero-order valence-corrected chi connectivity index (χ0v) is 7.62. The predicted octanol–water partition coefficient (Wildman–Crippen LogP) is 2.24. The van der Waals surface area contributed by atoms with Crippen molar-refractivity contribution < 1.29 is 17.7 Å². The van der Waals surface area contributed by atoms with Crippen molar-refractivity contribution >= 4 is 16.6 Å². The Bertz CT molecular complexity index is 511. The summed E-state index contributed by atoms with van der Waals surface area (Å²) < 4.78 is 38.9. The Kier molecular flexibility index (Phi) is 2.22. The number of hydrogen-bond acceptors (Lipinski definition) is 1. The van der Waals surface area contributed by atoms with Crippen LogP contribution in [0.4, 0.5) is 18.9 Å². The van der Waals surface area contributed by atoms with Crippen molar-refractivity contribution in [1.82, 2.24) is 0 Å². The summed E-state index contributed by atoms with van der Waals surface area (Å²) in [5.41, 5.74) is 5.56. The quantitative estimate of drug-likeness (QED) is 0.571. The maximum absolute atomic E-state index is 13.1. The molecule has 0 aliphatic heterocycles. The first-order chi connectivity index (χ1) is 7.11. The number of benzene rings is 1. The fraction of sp³-hybridized carbons (Fsp3) is 0.100. The van der Waals surface area contributed by atoms with Gasteiger partial charge in [-0.05, 0) is 12.1 Å². The van der Waals surface area contributed by atoms with Crippen molar-refractivity contribution in [2.45, 2.75) is 6.55 Å². The fourth-order valence-corrected chi connectivity index (χ4v) is 1.48. The average Bonchev–Trinajstić information content (AvgIpc) is 2.23. The van der Waals surface area contributed by atoms with E-state index in [1.807, 2.05) is 0 Å². The number of pyridine rings is 1. The lowest BCUT2D eigenvalue weighted by atomic mass is 10.2. The minimum Gasteiger partial charge on any atom is -0.396 e. The molecule has 1 heterocycles. The molecule has 0 aliphatic rings. The summed E-state index contributed by atoms with van der Waals surface area (Å²) in [6.07, 6.45) is 1.23. The first kappa shape index (κ1) is 9.76. The molecule has 0 saturated carbocycles. The van der Waals surface area contributed by atoms with Crippen molar-refractivity contribution in [2.24, 2.45) is 0 Å². The highest BCUT2D eigenvalue weighted by Gasteiger charge is 2.20. The molecule has 2 aromatic rings. The van der Waals surface area contributed by atoms with Gasteiger partial charge in [-0.25, -0.2) is 4.39 Å². The molecule has 1 aromatic heterocycles. The van der Waals surface area contributed by atoms with Crippen LogP contribution in [0.2, 0.25) is 0 Å². The lowest BCUT2D eigenvalue weighted by Gasteiger charge is -2.02. The fourth-order valence-electron chi connectivity index (χ4n) is 1.48. The third-order valence-corrected chi connectivity index (χ3v) is 2.21. The Morgan fingerprint density at radius 1 is 1.20 bits per heavy atom. The Morgan fingerprint density at radius 2 is 1.93 bits per heavy atom. The predicted molar refractivity (Wildman–Crippen MR) is 49.8 cm³/mol. The number of hydrogen-bond donors (Lipinski definition) is 1. The van der Waals surface area contributed by atoms with Gasteiger partial charge in [0.1, 0.15) is 5.82 Å². The highest BCUT2D eigenvalue weighted by atomic mass is 19.3.